The largest absolute Gasteiger partial charge is 0.394 e. The maximum absolute atomic E-state index is 12.1. The van der Waals surface area contributed by atoms with E-state index in [1.54, 1.807) is 0 Å². The third-order valence-electron chi connectivity index (χ3n) is 3.03. The molecular weight excluding hydrogens is 318 g/mol. The number of Topliss-reactive ketones (excluding diaryl/α,β-unsaturated/α-hetero) is 1. The normalized spacial score (nSPS) is 25.3. The van der Waals surface area contributed by atoms with Crippen LogP contribution in [0.1, 0.15) is 16.6 Å². The third kappa shape index (κ3) is 3.39. The number of carbonyl (C=O) groups is 1. The first-order valence-electron chi connectivity index (χ1n) is 5.85. The van der Waals surface area contributed by atoms with E-state index in [4.69, 9.17) is 9.84 Å². The van der Waals surface area contributed by atoms with Crippen molar-refractivity contribution in [2.45, 2.75) is 19.1 Å². The monoisotopic (exact) mass is 333 g/mol. The van der Waals surface area contributed by atoms with Crippen LogP contribution in [0, 0.1) is 0 Å². The summed E-state index contributed by atoms with van der Waals surface area (Å²) in [5, 5.41) is 9.11. The van der Waals surface area contributed by atoms with Crippen molar-refractivity contribution in [3.63, 3.8) is 0 Å². The molecule has 2 unspecified atom stereocenters. The first kappa shape index (κ1) is 14.1. The van der Waals surface area contributed by atoms with Gasteiger partial charge < -0.3 is 9.84 Å². The highest BCUT2D eigenvalue weighted by molar-refractivity contribution is 9.11. The van der Waals surface area contributed by atoms with Crippen LogP contribution < -0.4 is 0 Å². The summed E-state index contributed by atoms with van der Waals surface area (Å²) >= 11 is 4.81. The van der Waals surface area contributed by atoms with Gasteiger partial charge in [-0.3, -0.25) is 9.69 Å². The number of ether oxygens (including phenoxy) is 1. The van der Waals surface area contributed by atoms with E-state index >= 15 is 0 Å². The maximum Gasteiger partial charge on any atom is 0.186 e. The smallest absolute Gasteiger partial charge is 0.186 e. The second-order valence-electron chi connectivity index (χ2n) is 4.44. The molecular formula is C12H16BrNO3S. The fraction of sp³-hybridized carbons (Fsp3) is 0.583. The number of hydrogen-bond donors (Lipinski definition) is 1. The van der Waals surface area contributed by atoms with Crippen molar-refractivity contribution in [1.29, 1.82) is 0 Å². The Morgan fingerprint density at radius 3 is 3.06 bits per heavy atom. The second kappa shape index (κ2) is 6.25. The summed E-state index contributed by atoms with van der Waals surface area (Å²) in [4.78, 5) is 14.9. The minimum atomic E-state index is -0.177. The molecule has 6 heteroatoms. The molecule has 2 heterocycles. The van der Waals surface area contributed by atoms with E-state index < -0.39 is 0 Å². The molecule has 2 atom stereocenters. The molecule has 0 aromatic carbocycles. The number of hydrogen-bond acceptors (Lipinski definition) is 5. The number of thiophene rings is 1. The minimum Gasteiger partial charge on any atom is -0.394 e. The molecule has 100 valence electrons. The number of rotatable bonds is 4. The van der Waals surface area contributed by atoms with Gasteiger partial charge in [-0.05, 0) is 35.0 Å². The van der Waals surface area contributed by atoms with Crippen LogP contribution in [0.3, 0.4) is 0 Å². The SMILES string of the molecule is CC1COC(CO)CN1CC(=O)c1ccc(Br)s1. The van der Waals surface area contributed by atoms with E-state index in [1.165, 1.54) is 11.3 Å². The quantitative estimate of drug-likeness (QED) is 0.853. The van der Waals surface area contributed by atoms with Crippen molar-refractivity contribution < 1.29 is 14.6 Å². The van der Waals surface area contributed by atoms with Crippen LogP contribution >= 0.6 is 27.3 Å². The summed E-state index contributed by atoms with van der Waals surface area (Å²) in [6, 6.07) is 3.93. The lowest BCUT2D eigenvalue weighted by molar-refractivity contribution is -0.0747. The predicted octanol–water partition coefficient (Wildman–Crippen LogP) is 1.77. The summed E-state index contributed by atoms with van der Waals surface area (Å²) in [7, 11) is 0. The van der Waals surface area contributed by atoms with Gasteiger partial charge in [0.15, 0.2) is 5.78 Å². The fourth-order valence-corrected chi connectivity index (χ4v) is 3.25. The van der Waals surface area contributed by atoms with Gasteiger partial charge in [-0.25, -0.2) is 0 Å². The Balaban J connectivity index is 1.97. The fourth-order valence-electron chi connectivity index (χ4n) is 1.93. The van der Waals surface area contributed by atoms with Crippen molar-refractivity contribution in [3.05, 3.63) is 20.8 Å². The van der Waals surface area contributed by atoms with Crippen LogP contribution in [0.2, 0.25) is 0 Å². The Morgan fingerprint density at radius 2 is 2.44 bits per heavy atom. The first-order valence-corrected chi connectivity index (χ1v) is 7.46. The van der Waals surface area contributed by atoms with E-state index in [-0.39, 0.29) is 24.5 Å². The average molecular weight is 334 g/mol. The number of morpholine rings is 1. The zero-order chi connectivity index (χ0) is 13.1. The zero-order valence-electron chi connectivity index (χ0n) is 10.1. The van der Waals surface area contributed by atoms with E-state index in [0.717, 1.165) is 8.66 Å². The van der Waals surface area contributed by atoms with Crippen molar-refractivity contribution in [1.82, 2.24) is 4.90 Å². The molecule has 1 saturated heterocycles. The van der Waals surface area contributed by atoms with Crippen LogP contribution in [-0.2, 0) is 4.74 Å². The van der Waals surface area contributed by atoms with Crippen molar-refractivity contribution in [2.24, 2.45) is 0 Å². The number of aliphatic hydroxyl groups is 1. The number of aliphatic hydroxyl groups excluding tert-OH is 1. The van der Waals surface area contributed by atoms with Crippen molar-refractivity contribution in [2.75, 3.05) is 26.3 Å². The van der Waals surface area contributed by atoms with Crippen LogP contribution in [0.5, 0.6) is 0 Å². The van der Waals surface area contributed by atoms with Crippen molar-refractivity contribution in [3.8, 4) is 0 Å². The van der Waals surface area contributed by atoms with Gasteiger partial charge in [0.05, 0.1) is 34.5 Å². The average Bonchev–Trinajstić information content (AvgIpc) is 2.79. The Kier molecular flexibility index (Phi) is 4.91. The number of carbonyl (C=O) groups excluding carboxylic acids is 1. The standard InChI is InChI=1S/C12H16BrNO3S/c1-8-7-17-9(6-15)4-14(8)5-10(16)11-2-3-12(13)18-11/h2-3,8-9,15H,4-7H2,1H3. The molecule has 0 saturated carbocycles. The molecule has 1 aromatic rings. The molecule has 1 N–H and O–H groups in total. The van der Waals surface area contributed by atoms with Crippen LogP contribution in [0.15, 0.2) is 15.9 Å². The molecule has 4 nitrogen and oxygen atoms in total. The summed E-state index contributed by atoms with van der Waals surface area (Å²) in [6.45, 7) is 3.59. The zero-order valence-corrected chi connectivity index (χ0v) is 12.5. The Labute approximate surface area is 119 Å². The van der Waals surface area contributed by atoms with Crippen molar-refractivity contribution >= 4 is 33.0 Å². The van der Waals surface area contributed by atoms with E-state index in [2.05, 4.69) is 20.8 Å². The molecule has 0 aliphatic carbocycles. The van der Waals surface area contributed by atoms with Crippen LogP contribution in [0.25, 0.3) is 0 Å². The van der Waals surface area contributed by atoms with Gasteiger partial charge >= 0.3 is 0 Å². The lowest BCUT2D eigenvalue weighted by Gasteiger charge is -2.36. The highest BCUT2D eigenvalue weighted by atomic mass is 79.9. The highest BCUT2D eigenvalue weighted by Crippen LogP contribution is 2.23. The van der Waals surface area contributed by atoms with Crippen LogP contribution in [-0.4, -0.2) is 54.2 Å². The van der Waals surface area contributed by atoms with E-state index in [1.807, 2.05) is 19.1 Å². The molecule has 1 aromatic heterocycles. The molecule has 0 bridgehead atoms. The Bertz CT molecular complexity index is 423. The minimum absolute atomic E-state index is 0.00195. The second-order valence-corrected chi connectivity index (χ2v) is 6.91. The Morgan fingerprint density at radius 1 is 1.67 bits per heavy atom. The van der Waals surface area contributed by atoms with Gasteiger partial charge in [-0.2, -0.15) is 0 Å². The first-order chi connectivity index (χ1) is 8.60. The lowest BCUT2D eigenvalue weighted by atomic mass is 10.1. The molecule has 1 aliphatic heterocycles. The molecule has 2 rings (SSSR count). The third-order valence-corrected chi connectivity index (χ3v) is 4.70. The molecule has 0 spiro atoms. The van der Waals surface area contributed by atoms with Gasteiger partial charge in [0, 0.05) is 12.6 Å². The molecule has 1 fully saturated rings. The highest BCUT2D eigenvalue weighted by Gasteiger charge is 2.27. The molecule has 0 radical (unpaired) electrons. The summed E-state index contributed by atoms with van der Waals surface area (Å²) < 4.78 is 6.42. The van der Waals surface area contributed by atoms with E-state index in [9.17, 15) is 4.79 Å². The lowest BCUT2D eigenvalue weighted by Crippen LogP contribution is -2.51. The Hall–Kier alpha value is -0.270. The topological polar surface area (TPSA) is 49.8 Å². The van der Waals surface area contributed by atoms with Crippen LogP contribution in [0.4, 0.5) is 0 Å². The molecule has 18 heavy (non-hydrogen) atoms. The van der Waals surface area contributed by atoms with Gasteiger partial charge in [-0.1, -0.05) is 0 Å². The predicted molar refractivity (Wildman–Crippen MR) is 74.2 cm³/mol. The van der Waals surface area contributed by atoms with E-state index in [0.29, 0.717) is 19.7 Å². The summed E-state index contributed by atoms with van der Waals surface area (Å²) in [6.07, 6.45) is -0.177. The summed E-state index contributed by atoms with van der Waals surface area (Å²) in [5.74, 6) is 0.121. The van der Waals surface area contributed by atoms with Gasteiger partial charge in [0.2, 0.25) is 0 Å². The summed E-state index contributed by atoms with van der Waals surface area (Å²) in [5.41, 5.74) is 0. The van der Waals surface area contributed by atoms with Gasteiger partial charge in [0.1, 0.15) is 0 Å². The molecule has 1 aliphatic rings. The molecule has 0 amide bonds. The number of halogens is 1. The number of nitrogens with zero attached hydrogens (tertiary/aromatic N) is 1. The van der Waals surface area contributed by atoms with Gasteiger partial charge in [0.25, 0.3) is 0 Å². The van der Waals surface area contributed by atoms with Gasteiger partial charge in [-0.15, -0.1) is 11.3 Å². The number of ketones is 1. The maximum atomic E-state index is 12.1.